The van der Waals surface area contributed by atoms with Crippen molar-refractivity contribution in [3.63, 3.8) is 0 Å². The predicted molar refractivity (Wildman–Crippen MR) is 110 cm³/mol. The van der Waals surface area contributed by atoms with Crippen LogP contribution >= 0.6 is 11.6 Å². The fourth-order valence-electron chi connectivity index (χ4n) is 3.64. The van der Waals surface area contributed by atoms with E-state index in [1.54, 1.807) is 24.6 Å². The Morgan fingerprint density at radius 2 is 2.04 bits per heavy atom. The molecule has 9 heteroatoms. The number of halogens is 1. The summed E-state index contributed by atoms with van der Waals surface area (Å²) >= 11 is 6.24. The van der Waals surface area contributed by atoms with Gasteiger partial charge in [-0.05, 0) is 32.0 Å². The van der Waals surface area contributed by atoms with Gasteiger partial charge in [-0.25, -0.2) is 9.78 Å². The molecule has 3 aromatic heterocycles. The molecule has 1 aromatic carbocycles. The number of hydrogen-bond donors (Lipinski definition) is 2. The number of aryl methyl sites for hydroxylation is 2. The van der Waals surface area contributed by atoms with E-state index in [2.05, 4.69) is 9.97 Å². The lowest BCUT2D eigenvalue weighted by Crippen LogP contribution is -2.40. The van der Waals surface area contributed by atoms with E-state index >= 15 is 0 Å². The van der Waals surface area contributed by atoms with Crippen molar-refractivity contribution in [2.24, 2.45) is 12.8 Å². The van der Waals surface area contributed by atoms with E-state index in [-0.39, 0.29) is 12.6 Å². The van der Waals surface area contributed by atoms with Gasteiger partial charge in [0.05, 0.1) is 12.6 Å². The van der Waals surface area contributed by atoms with Crippen molar-refractivity contribution in [1.82, 2.24) is 23.7 Å². The maximum absolute atomic E-state index is 13.2. The normalized spacial score (nSPS) is 12.9. The molecule has 3 N–H and O–H groups in total. The average Bonchev–Trinajstić information content (AvgIpc) is 3.21. The summed E-state index contributed by atoms with van der Waals surface area (Å²) in [5.74, 6) is 0.559. The molecule has 0 bridgehead atoms. The van der Waals surface area contributed by atoms with Crippen LogP contribution in [0.1, 0.15) is 31.4 Å². The Morgan fingerprint density at radius 1 is 1.29 bits per heavy atom. The maximum Gasteiger partial charge on any atom is 0.333 e. The van der Waals surface area contributed by atoms with E-state index in [1.165, 1.54) is 9.13 Å². The van der Waals surface area contributed by atoms with E-state index in [0.717, 1.165) is 16.6 Å². The first-order valence-corrected chi connectivity index (χ1v) is 9.43. The van der Waals surface area contributed by atoms with Crippen LogP contribution in [0.5, 0.6) is 0 Å². The number of aromatic nitrogens is 5. The second kappa shape index (κ2) is 6.65. The number of imidazole rings is 1. The predicted octanol–water partition coefficient (Wildman–Crippen LogP) is 2.12. The van der Waals surface area contributed by atoms with Crippen molar-refractivity contribution in [2.45, 2.75) is 33.0 Å². The number of aromatic amines is 1. The minimum absolute atomic E-state index is 0.108. The van der Waals surface area contributed by atoms with Crippen molar-refractivity contribution in [3.05, 3.63) is 61.6 Å². The smallest absolute Gasteiger partial charge is 0.333 e. The van der Waals surface area contributed by atoms with Crippen molar-refractivity contribution in [1.29, 1.82) is 0 Å². The van der Waals surface area contributed by atoms with Crippen LogP contribution in [0, 0.1) is 0 Å². The van der Waals surface area contributed by atoms with Gasteiger partial charge in [0.25, 0.3) is 5.56 Å². The molecular formula is C19H21ClN6O2. The molecule has 146 valence electrons. The number of nitrogens with zero attached hydrogens (tertiary/aromatic N) is 4. The average molecular weight is 401 g/mol. The number of hydrogen-bond acceptors (Lipinski definition) is 4. The molecule has 28 heavy (non-hydrogen) atoms. The fourth-order valence-corrected chi connectivity index (χ4v) is 3.87. The number of nitrogens with two attached hydrogens (primary N) is 1. The van der Waals surface area contributed by atoms with Crippen LogP contribution in [0.15, 0.2) is 33.9 Å². The largest absolute Gasteiger partial charge is 0.357 e. The molecule has 4 rings (SSSR count). The van der Waals surface area contributed by atoms with Gasteiger partial charge in [-0.2, -0.15) is 0 Å². The minimum Gasteiger partial charge on any atom is -0.357 e. The quantitative estimate of drug-likeness (QED) is 0.547. The summed E-state index contributed by atoms with van der Waals surface area (Å²) in [6.45, 7) is 4.14. The van der Waals surface area contributed by atoms with Crippen LogP contribution in [0.3, 0.4) is 0 Å². The second-order valence-electron chi connectivity index (χ2n) is 6.90. The SMILES string of the molecule is CCn1c(=O)n(Cc2cc3c(Cl)cccc3[nH]2)c(=O)c2c1nc(C(C)N)n2C. The lowest BCUT2D eigenvalue weighted by atomic mass is 10.2. The van der Waals surface area contributed by atoms with Gasteiger partial charge in [-0.1, -0.05) is 17.7 Å². The summed E-state index contributed by atoms with van der Waals surface area (Å²) in [5.41, 5.74) is 7.49. The van der Waals surface area contributed by atoms with Crippen LogP contribution in [-0.4, -0.2) is 23.7 Å². The highest BCUT2D eigenvalue weighted by atomic mass is 35.5. The fraction of sp³-hybridized carbons (Fsp3) is 0.316. The lowest BCUT2D eigenvalue weighted by molar-refractivity contribution is 0.613. The van der Waals surface area contributed by atoms with E-state index in [0.29, 0.717) is 28.6 Å². The Labute approximate surface area is 165 Å². The van der Waals surface area contributed by atoms with Crippen LogP contribution in [0.4, 0.5) is 0 Å². The van der Waals surface area contributed by atoms with Gasteiger partial charge in [-0.3, -0.25) is 13.9 Å². The van der Waals surface area contributed by atoms with Crippen molar-refractivity contribution < 1.29 is 0 Å². The van der Waals surface area contributed by atoms with Crippen LogP contribution < -0.4 is 17.0 Å². The first-order valence-electron chi connectivity index (χ1n) is 9.05. The van der Waals surface area contributed by atoms with Crippen LogP contribution in [0.2, 0.25) is 5.02 Å². The van der Waals surface area contributed by atoms with Gasteiger partial charge >= 0.3 is 5.69 Å². The Morgan fingerprint density at radius 3 is 2.68 bits per heavy atom. The van der Waals surface area contributed by atoms with Gasteiger partial charge in [0.1, 0.15) is 5.82 Å². The van der Waals surface area contributed by atoms with Crippen LogP contribution in [0.25, 0.3) is 22.1 Å². The van der Waals surface area contributed by atoms with Gasteiger partial charge in [0.15, 0.2) is 11.2 Å². The molecule has 8 nitrogen and oxygen atoms in total. The number of H-pyrrole nitrogens is 1. The Balaban J connectivity index is 1.95. The van der Waals surface area contributed by atoms with Gasteiger partial charge in [0, 0.05) is 35.2 Å². The molecule has 0 saturated carbocycles. The first kappa shape index (κ1) is 18.5. The molecule has 0 saturated heterocycles. The third kappa shape index (κ3) is 2.68. The molecule has 0 radical (unpaired) electrons. The molecule has 4 aromatic rings. The highest BCUT2D eigenvalue weighted by Crippen LogP contribution is 2.24. The third-order valence-corrected chi connectivity index (χ3v) is 5.32. The summed E-state index contributed by atoms with van der Waals surface area (Å²) in [6, 6.07) is 7.05. The first-order chi connectivity index (χ1) is 13.3. The highest BCUT2D eigenvalue weighted by Gasteiger charge is 2.21. The minimum atomic E-state index is -0.404. The van der Waals surface area contributed by atoms with Crippen molar-refractivity contribution in [3.8, 4) is 0 Å². The van der Waals surface area contributed by atoms with Crippen molar-refractivity contribution in [2.75, 3.05) is 0 Å². The standard InChI is InChI=1S/C19H21ClN6O2/c1-4-25-17-15(24(3)16(23-17)10(2)21)18(27)26(19(25)28)9-11-8-12-13(20)6-5-7-14(12)22-11/h5-8,10,22H,4,9,21H2,1-3H3. The van der Waals surface area contributed by atoms with E-state index < -0.39 is 11.2 Å². The number of fused-ring (bicyclic) bond motifs is 2. The highest BCUT2D eigenvalue weighted by molar-refractivity contribution is 6.35. The van der Waals surface area contributed by atoms with Crippen molar-refractivity contribution >= 4 is 33.7 Å². The summed E-state index contributed by atoms with van der Waals surface area (Å²) in [6.07, 6.45) is 0. The van der Waals surface area contributed by atoms with E-state index in [9.17, 15) is 9.59 Å². The van der Waals surface area contributed by atoms with Gasteiger partial charge in [-0.15, -0.1) is 0 Å². The zero-order valence-corrected chi connectivity index (χ0v) is 16.6. The van der Waals surface area contributed by atoms with E-state index in [4.69, 9.17) is 17.3 Å². The lowest BCUT2D eigenvalue weighted by Gasteiger charge is -2.09. The molecule has 1 unspecified atom stereocenters. The molecule has 0 fully saturated rings. The maximum atomic E-state index is 13.2. The van der Waals surface area contributed by atoms with Crippen LogP contribution in [-0.2, 0) is 20.1 Å². The molecule has 0 aliphatic rings. The van der Waals surface area contributed by atoms with Gasteiger partial charge in [0.2, 0.25) is 0 Å². The Hall–Kier alpha value is -2.84. The zero-order valence-electron chi connectivity index (χ0n) is 15.9. The summed E-state index contributed by atoms with van der Waals surface area (Å²) < 4.78 is 4.39. The molecule has 0 amide bonds. The summed E-state index contributed by atoms with van der Waals surface area (Å²) in [4.78, 5) is 33.9. The summed E-state index contributed by atoms with van der Waals surface area (Å²) in [7, 11) is 1.74. The Kier molecular flexibility index (Phi) is 4.40. The number of nitrogens with one attached hydrogen (secondary N) is 1. The molecule has 0 aliphatic carbocycles. The molecule has 0 spiro atoms. The second-order valence-corrected chi connectivity index (χ2v) is 7.31. The molecule has 0 aliphatic heterocycles. The molecule has 1 atom stereocenters. The monoisotopic (exact) mass is 400 g/mol. The van der Waals surface area contributed by atoms with Gasteiger partial charge < -0.3 is 15.3 Å². The summed E-state index contributed by atoms with van der Waals surface area (Å²) in [5, 5.41) is 1.46. The van der Waals surface area contributed by atoms with E-state index in [1.807, 2.05) is 25.1 Å². The molecular weight excluding hydrogens is 380 g/mol. The number of benzene rings is 1. The Bertz CT molecular complexity index is 1320. The zero-order chi connectivity index (χ0) is 20.2. The number of rotatable bonds is 4. The molecule has 3 heterocycles. The third-order valence-electron chi connectivity index (χ3n) is 5.00. The topological polar surface area (TPSA) is 104 Å².